The van der Waals surface area contributed by atoms with Gasteiger partial charge in [-0.3, -0.25) is 0 Å². The Kier molecular flexibility index (Phi) is 5.95. The summed E-state index contributed by atoms with van der Waals surface area (Å²) in [6, 6.07) is 62.5. The fourth-order valence-electron chi connectivity index (χ4n) is 8.99. The Hall–Kier alpha value is -5.24. The number of hydrogen-bond donors (Lipinski definition) is 0. The van der Waals surface area contributed by atoms with Crippen LogP contribution in [0.3, 0.4) is 0 Å². The van der Waals surface area contributed by atoms with Crippen molar-refractivity contribution in [3.8, 4) is 44.5 Å². The van der Waals surface area contributed by atoms with E-state index in [9.17, 15) is 0 Å². The molecule has 10 rings (SSSR count). The molecule has 1 saturated heterocycles. The lowest BCUT2D eigenvalue weighted by Crippen LogP contribution is -2.52. The van der Waals surface area contributed by atoms with Crippen LogP contribution >= 0.6 is 0 Å². The summed E-state index contributed by atoms with van der Waals surface area (Å²) in [5.41, 5.74) is 10.8. The fourth-order valence-corrected chi connectivity index (χ4v) is 14.6. The van der Waals surface area contributed by atoms with E-state index in [0.29, 0.717) is 0 Å². The zero-order valence-electron chi connectivity index (χ0n) is 26.3. The van der Waals surface area contributed by atoms with Crippen LogP contribution in [0.4, 0.5) is 0 Å². The van der Waals surface area contributed by atoms with Crippen molar-refractivity contribution in [1.82, 2.24) is 0 Å². The molecule has 8 aromatic carbocycles. The summed E-state index contributed by atoms with van der Waals surface area (Å²) in [5, 5.41) is 11.2. The third-order valence-electron chi connectivity index (χ3n) is 11.2. The number of rotatable bonds is 3. The van der Waals surface area contributed by atoms with Crippen LogP contribution in [0.1, 0.15) is 12.8 Å². The molecule has 2 heterocycles. The second-order valence-corrected chi connectivity index (χ2v) is 17.9. The molecule has 2 aliphatic heterocycles. The second kappa shape index (κ2) is 10.4. The van der Waals surface area contributed by atoms with Gasteiger partial charge in [0.15, 0.2) is 0 Å². The third-order valence-corrected chi connectivity index (χ3v) is 16.5. The van der Waals surface area contributed by atoms with Crippen molar-refractivity contribution in [3.05, 3.63) is 158 Å². The Labute approximate surface area is 277 Å². The first-order valence-corrected chi connectivity index (χ1v) is 19.5. The van der Waals surface area contributed by atoms with Crippen LogP contribution in [-0.2, 0) is 0 Å². The Morgan fingerprint density at radius 2 is 0.809 bits per heavy atom. The molecule has 0 saturated carbocycles. The second-order valence-electron chi connectivity index (χ2n) is 13.6. The summed E-state index contributed by atoms with van der Waals surface area (Å²) in [6.07, 6.45) is 2.71. The van der Waals surface area contributed by atoms with E-state index in [1.165, 1.54) is 102 Å². The molecule has 0 unspecified atom stereocenters. The highest BCUT2D eigenvalue weighted by atomic mass is 28.3. The molecule has 0 bridgehead atoms. The molecule has 0 atom stereocenters. The largest absolute Gasteiger partial charge is 0.119 e. The van der Waals surface area contributed by atoms with Gasteiger partial charge < -0.3 is 0 Å². The van der Waals surface area contributed by atoms with Gasteiger partial charge in [-0.05, 0) is 130 Å². The molecule has 0 aromatic heterocycles. The highest BCUT2D eigenvalue weighted by Gasteiger charge is 2.47. The molecule has 1 fully saturated rings. The predicted octanol–water partition coefficient (Wildman–Crippen LogP) is 11.5. The number of hydrogen-bond acceptors (Lipinski definition) is 0. The minimum Gasteiger partial charge on any atom is -0.0622 e. The lowest BCUT2D eigenvalue weighted by Gasteiger charge is -2.24. The summed E-state index contributed by atoms with van der Waals surface area (Å²) in [5.74, 6) is 0. The van der Waals surface area contributed by atoms with Crippen LogP contribution in [0, 0.1) is 0 Å². The Morgan fingerprint density at radius 3 is 1.47 bits per heavy atom. The molecular formula is C46H34Si. The highest BCUT2D eigenvalue weighted by molar-refractivity contribution is 7.06. The lowest BCUT2D eigenvalue weighted by molar-refractivity contribution is 0.935. The van der Waals surface area contributed by atoms with Gasteiger partial charge in [0.2, 0.25) is 0 Å². The number of benzene rings is 8. The molecule has 0 aliphatic carbocycles. The summed E-state index contributed by atoms with van der Waals surface area (Å²) < 4.78 is 0. The SMILES string of the molecule is c1ccc(-c2cc3ccccc3cc2-c2ccc3c(c2)-c2cc(-c4cc5ccccc5c5ccccc45)ccc2[Si]32CCCC2)cc1. The van der Waals surface area contributed by atoms with Gasteiger partial charge in [-0.2, -0.15) is 0 Å². The first-order valence-electron chi connectivity index (χ1n) is 17.1. The van der Waals surface area contributed by atoms with E-state index in [1.54, 1.807) is 10.4 Å². The highest BCUT2D eigenvalue weighted by Crippen LogP contribution is 2.44. The first-order chi connectivity index (χ1) is 23.3. The monoisotopic (exact) mass is 614 g/mol. The van der Waals surface area contributed by atoms with Gasteiger partial charge in [0.25, 0.3) is 0 Å². The Bertz CT molecular complexity index is 2520. The van der Waals surface area contributed by atoms with Crippen molar-refractivity contribution in [1.29, 1.82) is 0 Å². The van der Waals surface area contributed by atoms with E-state index in [0.717, 1.165) is 0 Å². The minimum atomic E-state index is -1.78. The molecular weight excluding hydrogens is 581 g/mol. The van der Waals surface area contributed by atoms with E-state index in [-0.39, 0.29) is 0 Å². The summed E-state index contributed by atoms with van der Waals surface area (Å²) in [7, 11) is -1.78. The van der Waals surface area contributed by atoms with Crippen LogP contribution in [0.25, 0.3) is 76.8 Å². The standard InChI is InChI=1S/C46H34Si/c1-2-12-31(13-3-1)40-26-32-14-4-5-15-33(32)27-42(40)36-21-23-46-44(30-36)43-29-35(20-22-45(43)47(46)24-10-11-25-47)41-28-34-16-6-7-17-37(34)38-18-8-9-19-39(38)41/h1-9,12-23,26-30H,10-11,24-25H2. The zero-order valence-corrected chi connectivity index (χ0v) is 27.3. The van der Waals surface area contributed by atoms with Crippen molar-refractivity contribution in [2.45, 2.75) is 24.9 Å². The number of fused-ring (bicyclic) bond motifs is 9. The van der Waals surface area contributed by atoms with E-state index in [4.69, 9.17) is 0 Å². The topological polar surface area (TPSA) is 0 Å². The van der Waals surface area contributed by atoms with Crippen molar-refractivity contribution >= 4 is 50.8 Å². The van der Waals surface area contributed by atoms with E-state index >= 15 is 0 Å². The van der Waals surface area contributed by atoms with Crippen LogP contribution in [0.2, 0.25) is 12.1 Å². The molecule has 0 amide bonds. The van der Waals surface area contributed by atoms with Crippen molar-refractivity contribution in [2.75, 3.05) is 0 Å². The van der Waals surface area contributed by atoms with Crippen LogP contribution in [0.5, 0.6) is 0 Å². The summed E-state index contributed by atoms with van der Waals surface area (Å²) in [6.45, 7) is 0. The Balaban J connectivity index is 1.21. The third kappa shape index (κ3) is 4.06. The molecule has 1 heteroatoms. The van der Waals surface area contributed by atoms with Gasteiger partial charge in [-0.15, -0.1) is 0 Å². The average molecular weight is 615 g/mol. The van der Waals surface area contributed by atoms with Gasteiger partial charge in [0.1, 0.15) is 8.07 Å². The molecule has 47 heavy (non-hydrogen) atoms. The van der Waals surface area contributed by atoms with Crippen LogP contribution in [-0.4, -0.2) is 8.07 Å². The van der Waals surface area contributed by atoms with Gasteiger partial charge in [-0.1, -0.05) is 140 Å². The Morgan fingerprint density at radius 1 is 0.319 bits per heavy atom. The van der Waals surface area contributed by atoms with Crippen molar-refractivity contribution in [2.24, 2.45) is 0 Å². The molecule has 222 valence electrons. The van der Waals surface area contributed by atoms with Gasteiger partial charge >= 0.3 is 0 Å². The summed E-state index contributed by atoms with van der Waals surface area (Å²) in [4.78, 5) is 0. The van der Waals surface area contributed by atoms with E-state index < -0.39 is 8.07 Å². The first kappa shape index (κ1) is 26.9. The predicted molar refractivity (Wildman–Crippen MR) is 205 cm³/mol. The van der Waals surface area contributed by atoms with Gasteiger partial charge in [-0.25, -0.2) is 0 Å². The molecule has 1 spiro atoms. The minimum absolute atomic E-state index is 1.27. The van der Waals surface area contributed by atoms with Gasteiger partial charge in [0.05, 0.1) is 0 Å². The maximum absolute atomic E-state index is 2.55. The molecule has 0 nitrogen and oxygen atoms in total. The summed E-state index contributed by atoms with van der Waals surface area (Å²) >= 11 is 0. The maximum Gasteiger partial charge on any atom is 0.119 e. The fraction of sp³-hybridized carbons (Fsp3) is 0.0870. The maximum atomic E-state index is 2.55. The zero-order chi connectivity index (χ0) is 31.0. The van der Waals surface area contributed by atoms with Crippen molar-refractivity contribution < 1.29 is 0 Å². The molecule has 0 radical (unpaired) electrons. The van der Waals surface area contributed by atoms with Gasteiger partial charge in [0, 0.05) is 0 Å². The molecule has 0 N–H and O–H groups in total. The van der Waals surface area contributed by atoms with E-state index in [2.05, 4.69) is 158 Å². The lowest BCUT2D eigenvalue weighted by atomic mass is 9.89. The van der Waals surface area contributed by atoms with Crippen LogP contribution in [0.15, 0.2) is 158 Å². The van der Waals surface area contributed by atoms with Crippen molar-refractivity contribution in [3.63, 3.8) is 0 Å². The average Bonchev–Trinajstić information content (AvgIpc) is 3.74. The molecule has 8 aromatic rings. The quantitative estimate of drug-likeness (QED) is 0.137. The smallest absolute Gasteiger partial charge is 0.0622 e. The molecule has 2 aliphatic rings. The van der Waals surface area contributed by atoms with Crippen LogP contribution < -0.4 is 10.4 Å². The normalized spacial score (nSPS) is 14.6. The van der Waals surface area contributed by atoms with E-state index in [1.807, 2.05) is 0 Å².